The molecule has 0 aromatic carbocycles. The van der Waals surface area contributed by atoms with Crippen molar-refractivity contribution in [2.45, 2.75) is 46.5 Å². The van der Waals surface area contributed by atoms with E-state index in [4.69, 9.17) is 9.25 Å². The Morgan fingerprint density at radius 1 is 1.37 bits per heavy atom. The van der Waals surface area contributed by atoms with E-state index in [1.165, 1.54) is 6.07 Å². The lowest BCUT2D eigenvalue weighted by molar-refractivity contribution is 0.158. The van der Waals surface area contributed by atoms with Gasteiger partial charge in [-0.25, -0.2) is 4.79 Å². The second kappa shape index (κ2) is 7.61. The monoisotopic (exact) mass is 267 g/mol. The molecular formula is C14H21NO4. The first kappa shape index (κ1) is 15.3. The third-order valence-corrected chi connectivity index (χ3v) is 2.56. The highest BCUT2D eigenvalue weighted by Crippen LogP contribution is 2.19. The van der Waals surface area contributed by atoms with Gasteiger partial charge in [-0.05, 0) is 19.8 Å². The summed E-state index contributed by atoms with van der Waals surface area (Å²) in [4.78, 5) is 16.9. The van der Waals surface area contributed by atoms with E-state index in [2.05, 4.69) is 5.16 Å². The first-order chi connectivity index (χ1) is 9.13. The Hall–Kier alpha value is -1.78. The molecule has 0 spiro atoms. The van der Waals surface area contributed by atoms with E-state index in [1.807, 2.05) is 13.8 Å². The van der Waals surface area contributed by atoms with E-state index in [9.17, 15) is 9.90 Å². The fourth-order valence-electron chi connectivity index (χ4n) is 1.76. The third-order valence-electron chi connectivity index (χ3n) is 2.56. The smallest absolute Gasteiger partial charge is 0.349 e. The van der Waals surface area contributed by atoms with Gasteiger partial charge in [-0.15, -0.1) is 0 Å². The molecular weight excluding hydrogens is 246 g/mol. The van der Waals surface area contributed by atoms with Crippen LogP contribution in [0.3, 0.4) is 0 Å². The molecule has 0 unspecified atom stereocenters. The number of nitrogens with zero attached hydrogens (tertiary/aromatic N) is 1. The van der Waals surface area contributed by atoms with Gasteiger partial charge in [-0.3, -0.25) is 0 Å². The van der Waals surface area contributed by atoms with Gasteiger partial charge in [0.15, 0.2) is 0 Å². The minimum Gasteiger partial charge on any atom is -0.507 e. The molecule has 0 aliphatic rings. The van der Waals surface area contributed by atoms with Gasteiger partial charge in [-0.2, -0.15) is 0 Å². The summed E-state index contributed by atoms with van der Waals surface area (Å²) in [6.45, 7) is 6.16. The molecule has 0 saturated carbocycles. The second-order valence-corrected chi connectivity index (χ2v) is 4.22. The van der Waals surface area contributed by atoms with Crippen molar-refractivity contribution in [3.8, 4) is 5.75 Å². The molecule has 5 heteroatoms. The summed E-state index contributed by atoms with van der Waals surface area (Å²) in [6, 6.07) is 1.48. The summed E-state index contributed by atoms with van der Waals surface area (Å²) in [5.74, 6) is 0.396. The highest BCUT2D eigenvalue weighted by Gasteiger charge is 2.17. The molecule has 0 fully saturated rings. The fourth-order valence-corrected chi connectivity index (χ4v) is 1.76. The molecule has 1 N–H and O–H groups in total. The Morgan fingerprint density at radius 3 is 2.63 bits per heavy atom. The lowest BCUT2D eigenvalue weighted by atomic mass is 10.1. The Labute approximate surface area is 112 Å². The maximum atomic E-state index is 12.0. The van der Waals surface area contributed by atoms with Crippen molar-refractivity contribution in [1.82, 2.24) is 0 Å². The highest BCUT2D eigenvalue weighted by molar-refractivity contribution is 6.01. The van der Waals surface area contributed by atoms with Crippen molar-refractivity contribution in [3.63, 3.8) is 0 Å². The van der Waals surface area contributed by atoms with Gasteiger partial charge in [0, 0.05) is 12.5 Å². The number of aryl methyl sites for hydroxylation is 1. The third kappa shape index (κ3) is 4.12. The summed E-state index contributed by atoms with van der Waals surface area (Å²) >= 11 is 0. The first-order valence-electron chi connectivity index (χ1n) is 6.69. The van der Waals surface area contributed by atoms with Crippen molar-refractivity contribution in [3.05, 3.63) is 27.8 Å². The predicted octanol–water partition coefficient (Wildman–Crippen LogP) is 2.84. The van der Waals surface area contributed by atoms with Gasteiger partial charge in [0.1, 0.15) is 23.7 Å². The molecule has 0 aliphatic carbocycles. The number of oxime groups is 1. The highest BCUT2D eigenvalue weighted by atomic mass is 16.6. The summed E-state index contributed by atoms with van der Waals surface area (Å²) in [7, 11) is 0. The van der Waals surface area contributed by atoms with Gasteiger partial charge in [-0.1, -0.05) is 25.4 Å². The average Bonchev–Trinajstić information content (AvgIpc) is 2.35. The van der Waals surface area contributed by atoms with E-state index in [1.54, 1.807) is 6.92 Å². The second-order valence-electron chi connectivity index (χ2n) is 4.22. The van der Waals surface area contributed by atoms with E-state index < -0.39 is 5.63 Å². The molecule has 19 heavy (non-hydrogen) atoms. The average molecular weight is 267 g/mol. The molecule has 0 aliphatic heterocycles. The van der Waals surface area contributed by atoms with Crippen molar-refractivity contribution in [2.24, 2.45) is 5.16 Å². The van der Waals surface area contributed by atoms with E-state index in [-0.39, 0.29) is 11.3 Å². The topological polar surface area (TPSA) is 72.0 Å². The summed E-state index contributed by atoms with van der Waals surface area (Å²) in [5.41, 5.74) is -0.0239. The van der Waals surface area contributed by atoms with Crippen molar-refractivity contribution < 1.29 is 14.4 Å². The van der Waals surface area contributed by atoms with Crippen LogP contribution in [0, 0.1) is 0 Å². The lowest BCUT2D eigenvalue weighted by Crippen LogP contribution is -2.16. The van der Waals surface area contributed by atoms with Crippen LogP contribution in [0.15, 0.2) is 20.4 Å². The molecule has 1 aromatic rings. The lowest BCUT2D eigenvalue weighted by Gasteiger charge is -2.07. The summed E-state index contributed by atoms with van der Waals surface area (Å²) in [5, 5.41) is 13.9. The Kier molecular flexibility index (Phi) is 6.12. The van der Waals surface area contributed by atoms with E-state index in [0.717, 1.165) is 12.8 Å². The van der Waals surface area contributed by atoms with Crippen LogP contribution >= 0.6 is 0 Å². The molecule has 0 atom stereocenters. The maximum absolute atomic E-state index is 12.0. The molecule has 106 valence electrons. The fraction of sp³-hybridized carbons (Fsp3) is 0.571. The van der Waals surface area contributed by atoms with Crippen LogP contribution in [0.2, 0.25) is 0 Å². The summed E-state index contributed by atoms with van der Waals surface area (Å²) < 4.78 is 5.18. The van der Waals surface area contributed by atoms with Crippen LogP contribution in [0.5, 0.6) is 5.75 Å². The molecule has 1 heterocycles. The van der Waals surface area contributed by atoms with Crippen LogP contribution in [0.1, 0.15) is 51.4 Å². The largest absolute Gasteiger partial charge is 0.507 e. The zero-order chi connectivity index (χ0) is 14.3. The summed E-state index contributed by atoms with van der Waals surface area (Å²) in [6.07, 6.45) is 2.80. The SMILES string of the molecule is CCCC(=NOCC)c1c(O)cc(CCC)oc1=O. The normalized spacial score (nSPS) is 11.6. The molecule has 0 radical (unpaired) electrons. The standard InChI is InChI=1S/C14H21NO4/c1-4-7-10-9-12(16)13(14(17)19-10)11(8-5-2)15-18-6-3/h9,16H,4-8H2,1-3H3. The molecule has 0 amide bonds. The van der Waals surface area contributed by atoms with Gasteiger partial charge in [0.2, 0.25) is 0 Å². The number of hydrogen-bond donors (Lipinski definition) is 1. The van der Waals surface area contributed by atoms with Gasteiger partial charge < -0.3 is 14.4 Å². The maximum Gasteiger partial charge on any atom is 0.349 e. The van der Waals surface area contributed by atoms with Gasteiger partial charge in [0.25, 0.3) is 0 Å². The van der Waals surface area contributed by atoms with E-state index >= 15 is 0 Å². The minimum atomic E-state index is -0.560. The first-order valence-corrected chi connectivity index (χ1v) is 6.69. The molecule has 5 nitrogen and oxygen atoms in total. The van der Waals surface area contributed by atoms with Crippen LogP contribution in [0.4, 0.5) is 0 Å². The Morgan fingerprint density at radius 2 is 2.11 bits per heavy atom. The van der Waals surface area contributed by atoms with Crippen LogP contribution in [-0.2, 0) is 11.3 Å². The van der Waals surface area contributed by atoms with Gasteiger partial charge >= 0.3 is 5.63 Å². The van der Waals surface area contributed by atoms with Crippen molar-refractivity contribution >= 4 is 5.71 Å². The van der Waals surface area contributed by atoms with Crippen molar-refractivity contribution in [1.29, 1.82) is 0 Å². The van der Waals surface area contributed by atoms with Crippen molar-refractivity contribution in [2.75, 3.05) is 6.61 Å². The quantitative estimate of drug-likeness (QED) is 0.609. The van der Waals surface area contributed by atoms with Crippen LogP contribution in [-0.4, -0.2) is 17.4 Å². The number of hydrogen-bond acceptors (Lipinski definition) is 5. The zero-order valence-electron chi connectivity index (χ0n) is 11.7. The Bertz CT molecular complexity index is 491. The molecule has 1 rings (SSSR count). The van der Waals surface area contributed by atoms with Crippen LogP contribution in [0.25, 0.3) is 0 Å². The molecule has 1 aromatic heterocycles. The number of aromatic hydroxyl groups is 1. The molecule has 0 saturated heterocycles. The Balaban J connectivity index is 3.20. The van der Waals surface area contributed by atoms with Gasteiger partial charge in [0.05, 0.1) is 5.71 Å². The van der Waals surface area contributed by atoms with Crippen LogP contribution < -0.4 is 5.63 Å². The zero-order valence-corrected chi connectivity index (χ0v) is 11.7. The van der Waals surface area contributed by atoms with E-state index in [0.29, 0.717) is 30.9 Å². The molecule has 0 bridgehead atoms. The number of rotatable bonds is 7. The predicted molar refractivity (Wildman–Crippen MR) is 73.7 cm³/mol. The minimum absolute atomic E-state index is 0.0911.